The molecule has 0 N–H and O–H groups in total. The Hall–Kier alpha value is -4.88. The number of benzene rings is 6. The van der Waals surface area contributed by atoms with Gasteiger partial charge in [0.15, 0.2) is 0 Å². The van der Waals surface area contributed by atoms with Gasteiger partial charge in [-0.1, -0.05) is 133 Å². The summed E-state index contributed by atoms with van der Waals surface area (Å²) in [5.74, 6) is 0. The molecule has 1 heteroatoms. The minimum absolute atomic E-state index is 0.324. The van der Waals surface area contributed by atoms with E-state index in [2.05, 4.69) is 158 Å². The van der Waals surface area contributed by atoms with Crippen molar-refractivity contribution in [3.05, 3.63) is 168 Å². The summed E-state index contributed by atoms with van der Waals surface area (Å²) in [5.41, 5.74) is 15.4. The molecule has 0 amide bonds. The van der Waals surface area contributed by atoms with Crippen LogP contribution in [0.25, 0.3) is 33.4 Å². The van der Waals surface area contributed by atoms with Crippen LogP contribution in [0.3, 0.4) is 0 Å². The molecule has 0 bridgehead atoms. The number of hydrogen-bond donors (Lipinski definition) is 0. The van der Waals surface area contributed by atoms with Crippen molar-refractivity contribution in [1.82, 2.24) is 0 Å². The zero-order valence-corrected chi connectivity index (χ0v) is 21.8. The molecule has 1 spiro atoms. The van der Waals surface area contributed by atoms with E-state index in [4.69, 9.17) is 0 Å². The van der Waals surface area contributed by atoms with E-state index in [0.29, 0.717) is 0 Å². The Bertz CT molecular complexity index is 1840. The first-order valence-electron chi connectivity index (χ1n) is 13.6. The van der Waals surface area contributed by atoms with Crippen molar-refractivity contribution in [2.24, 2.45) is 0 Å². The van der Waals surface area contributed by atoms with E-state index in [1.54, 1.807) is 0 Å². The maximum Gasteiger partial charge on any atom is 0.0726 e. The predicted octanol–water partition coefficient (Wildman–Crippen LogP) is 9.46. The second-order valence-electron chi connectivity index (χ2n) is 10.5. The van der Waals surface area contributed by atoms with Gasteiger partial charge in [-0.2, -0.15) is 0 Å². The Morgan fingerprint density at radius 2 is 0.846 bits per heavy atom. The largest absolute Gasteiger partial charge is 0.344 e. The molecule has 0 heterocycles. The van der Waals surface area contributed by atoms with Crippen molar-refractivity contribution in [3.63, 3.8) is 0 Å². The lowest BCUT2D eigenvalue weighted by Crippen LogP contribution is -2.26. The molecule has 1 nitrogen and oxygen atoms in total. The van der Waals surface area contributed by atoms with Gasteiger partial charge in [0.1, 0.15) is 0 Å². The summed E-state index contributed by atoms with van der Waals surface area (Å²) in [7, 11) is 2.21. The van der Waals surface area contributed by atoms with Crippen LogP contribution in [-0.4, -0.2) is 7.05 Å². The highest BCUT2D eigenvalue weighted by Gasteiger charge is 2.52. The second-order valence-corrected chi connectivity index (χ2v) is 10.5. The van der Waals surface area contributed by atoms with Gasteiger partial charge in [-0.05, 0) is 56.6 Å². The number of hydrogen-bond acceptors (Lipinski definition) is 1. The van der Waals surface area contributed by atoms with E-state index in [1.165, 1.54) is 67.0 Å². The minimum Gasteiger partial charge on any atom is -0.344 e. The van der Waals surface area contributed by atoms with Gasteiger partial charge in [0.2, 0.25) is 0 Å². The van der Waals surface area contributed by atoms with E-state index in [9.17, 15) is 0 Å². The van der Waals surface area contributed by atoms with Crippen molar-refractivity contribution in [2.45, 2.75) is 5.41 Å². The van der Waals surface area contributed by atoms with E-state index >= 15 is 0 Å². The van der Waals surface area contributed by atoms with Crippen LogP contribution in [0.2, 0.25) is 0 Å². The Balaban J connectivity index is 1.42. The number of rotatable bonds is 3. The molecule has 2 aliphatic carbocycles. The highest BCUT2D eigenvalue weighted by atomic mass is 15.1. The highest BCUT2D eigenvalue weighted by Crippen LogP contribution is 2.64. The molecule has 0 atom stereocenters. The molecule has 6 aromatic rings. The molecule has 0 aromatic heterocycles. The number of nitrogens with zero attached hydrogens (tertiary/aromatic N) is 1. The maximum absolute atomic E-state index is 2.38. The van der Waals surface area contributed by atoms with Gasteiger partial charge in [0.25, 0.3) is 0 Å². The van der Waals surface area contributed by atoms with Gasteiger partial charge < -0.3 is 4.90 Å². The first kappa shape index (κ1) is 22.1. The van der Waals surface area contributed by atoms with Crippen LogP contribution in [0.15, 0.2) is 146 Å². The monoisotopic (exact) mass is 497 g/mol. The number of para-hydroxylation sites is 1. The Morgan fingerprint density at radius 3 is 1.51 bits per heavy atom. The SMILES string of the molecule is CN(c1ccccc1-c1ccccc1)c1cccc2c1-c1ccccc1C21c2ccccc2-c2ccccc21. The van der Waals surface area contributed by atoms with Crippen molar-refractivity contribution < 1.29 is 0 Å². The summed E-state index contributed by atoms with van der Waals surface area (Å²) < 4.78 is 0. The second kappa shape index (κ2) is 8.31. The van der Waals surface area contributed by atoms with Crippen LogP contribution in [0, 0.1) is 0 Å². The average Bonchev–Trinajstić information content (AvgIpc) is 3.49. The molecule has 0 saturated carbocycles. The molecule has 0 radical (unpaired) electrons. The first-order valence-corrected chi connectivity index (χ1v) is 13.6. The molecule has 6 aromatic carbocycles. The third-order valence-electron chi connectivity index (χ3n) is 8.71. The summed E-state index contributed by atoms with van der Waals surface area (Å²) in [4.78, 5) is 2.38. The highest BCUT2D eigenvalue weighted by molar-refractivity contribution is 6.00. The molecular weight excluding hydrogens is 470 g/mol. The minimum atomic E-state index is -0.324. The molecule has 0 unspecified atom stereocenters. The maximum atomic E-state index is 2.38. The zero-order valence-electron chi connectivity index (χ0n) is 21.8. The standard InChI is InChI=1S/C38H27N/c1-39(35-24-12-8-16-27(35)26-14-3-2-4-15-26)36-25-13-23-34-37(36)30-19-7-11-22-33(30)38(34)31-20-9-5-17-28(31)29-18-6-10-21-32(29)38/h2-25H,1H3. The first-order chi connectivity index (χ1) is 19.3. The third kappa shape index (κ3) is 2.90. The van der Waals surface area contributed by atoms with Gasteiger partial charge in [0, 0.05) is 29.5 Å². The smallest absolute Gasteiger partial charge is 0.0726 e. The lowest BCUT2D eigenvalue weighted by Gasteiger charge is -2.31. The molecular formula is C38H27N. The average molecular weight is 498 g/mol. The van der Waals surface area contributed by atoms with E-state index in [1.807, 2.05) is 0 Å². The quantitative estimate of drug-likeness (QED) is 0.235. The van der Waals surface area contributed by atoms with Crippen LogP contribution in [-0.2, 0) is 5.41 Å². The third-order valence-corrected chi connectivity index (χ3v) is 8.71. The number of anilines is 2. The normalized spacial score (nSPS) is 13.5. The summed E-state index contributed by atoms with van der Waals surface area (Å²) in [6, 6.07) is 53.3. The Morgan fingerprint density at radius 1 is 0.385 bits per heavy atom. The van der Waals surface area contributed by atoms with Crippen LogP contribution in [0.1, 0.15) is 22.3 Å². The Labute approximate surface area is 229 Å². The molecule has 184 valence electrons. The summed E-state index contributed by atoms with van der Waals surface area (Å²) in [6.45, 7) is 0. The van der Waals surface area contributed by atoms with E-state index < -0.39 is 0 Å². The number of fused-ring (bicyclic) bond motifs is 10. The zero-order chi connectivity index (χ0) is 26.0. The lowest BCUT2D eigenvalue weighted by molar-refractivity contribution is 0.793. The summed E-state index contributed by atoms with van der Waals surface area (Å²) >= 11 is 0. The van der Waals surface area contributed by atoms with Gasteiger partial charge in [-0.25, -0.2) is 0 Å². The molecule has 2 aliphatic rings. The van der Waals surface area contributed by atoms with Crippen LogP contribution in [0.5, 0.6) is 0 Å². The van der Waals surface area contributed by atoms with Crippen LogP contribution < -0.4 is 4.90 Å². The topological polar surface area (TPSA) is 3.24 Å². The van der Waals surface area contributed by atoms with E-state index in [0.717, 1.165) is 0 Å². The molecule has 0 saturated heterocycles. The molecule has 8 rings (SSSR count). The van der Waals surface area contributed by atoms with Crippen molar-refractivity contribution in [1.29, 1.82) is 0 Å². The van der Waals surface area contributed by atoms with Gasteiger partial charge in [-0.3, -0.25) is 0 Å². The van der Waals surface area contributed by atoms with Crippen molar-refractivity contribution in [3.8, 4) is 33.4 Å². The summed E-state index contributed by atoms with van der Waals surface area (Å²) in [6.07, 6.45) is 0. The van der Waals surface area contributed by atoms with Gasteiger partial charge >= 0.3 is 0 Å². The lowest BCUT2D eigenvalue weighted by atomic mass is 9.70. The van der Waals surface area contributed by atoms with Crippen LogP contribution in [0.4, 0.5) is 11.4 Å². The summed E-state index contributed by atoms with van der Waals surface area (Å²) in [5, 5.41) is 0. The van der Waals surface area contributed by atoms with Crippen LogP contribution >= 0.6 is 0 Å². The molecule has 0 fully saturated rings. The fourth-order valence-corrected chi connectivity index (χ4v) is 7.16. The van der Waals surface area contributed by atoms with Crippen molar-refractivity contribution in [2.75, 3.05) is 11.9 Å². The van der Waals surface area contributed by atoms with Crippen molar-refractivity contribution >= 4 is 11.4 Å². The molecule has 39 heavy (non-hydrogen) atoms. The fourth-order valence-electron chi connectivity index (χ4n) is 7.16. The molecule has 0 aliphatic heterocycles. The van der Waals surface area contributed by atoms with E-state index in [-0.39, 0.29) is 5.41 Å². The fraction of sp³-hybridized carbons (Fsp3) is 0.0526. The van der Waals surface area contributed by atoms with Gasteiger partial charge in [-0.15, -0.1) is 0 Å². The van der Waals surface area contributed by atoms with Gasteiger partial charge in [0.05, 0.1) is 5.41 Å². The Kier molecular flexibility index (Phi) is 4.72. The predicted molar refractivity (Wildman–Crippen MR) is 163 cm³/mol.